The number of rotatable bonds is 0. The van der Waals surface area contributed by atoms with E-state index >= 15 is 0 Å². The van der Waals surface area contributed by atoms with Crippen molar-refractivity contribution in [1.82, 2.24) is 0 Å². The van der Waals surface area contributed by atoms with Gasteiger partial charge in [0.1, 0.15) is 0 Å². The summed E-state index contributed by atoms with van der Waals surface area (Å²) in [6, 6.07) is 0. The summed E-state index contributed by atoms with van der Waals surface area (Å²) >= 11 is 5.38. The van der Waals surface area contributed by atoms with E-state index in [1.165, 1.54) is 0 Å². The fourth-order valence-corrected chi connectivity index (χ4v) is 0. The summed E-state index contributed by atoms with van der Waals surface area (Å²) in [5.74, 6) is 0. The summed E-state index contributed by atoms with van der Waals surface area (Å²) in [5.41, 5.74) is 0. The van der Waals surface area contributed by atoms with Gasteiger partial charge in [-0.15, -0.1) is 0 Å². The van der Waals surface area contributed by atoms with Crippen molar-refractivity contribution in [3.05, 3.63) is 0 Å². The lowest BCUT2D eigenvalue weighted by Gasteiger charge is -1.70. The smallest absolute Gasteiger partial charge is 0.274 e. The van der Waals surface area contributed by atoms with Crippen LogP contribution in [-0.4, -0.2) is 17.4 Å². The van der Waals surface area contributed by atoms with Crippen LogP contribution in [-0.2, 0) is 8.92 Å². The van der Waals surface area contributed by atoms with Crippen LogP contribution < -0.4 is 0 Å². The van der Waals surface area contributed by atoms with Crippen molar-refractivity contribution < 1.29 is 8.92 Å². The number of halogens is 1. The van der Waals surface area contributed by atoms with Crippen LogP contribution in [0.1, 0.15) is 0 Å². The molecular formula is C2H6ClO2Si2. The SMILES string of the molecule is C[Si](C)Cl.O=[Si]=O. The average molecular weight is 154 g/mol. The van der Waals surface area contributed by atoms with E-state index in [9.17, 15) is 0 Å². The Labute approximate surface area is 51.1 Å². The Morgan fingerprint density at radius 1 is 1.43 bits per heavy atom. The molecule has 5 heteroatoms. The van der Waals surface area contributed by atoms with Gasteiger partial charge in [0.05, 0.1) is 0 Å². The fourth-order valence-electron chi connectivity index (χ4n) is 0. The molecule has 41 valence electrons. The zero-order valence-electron chi connectivity index (χ0n) is 4.19. The Hall–Kier alpha value is 0.324. The Morgan fingerprint density at radius 3 is 1.43 bits per heavy atom. The maximum absolute atomic E-state index is 8.40. The zero-order valence-corrected chi connectivity index (χ0v) is 6.95. The van der Waals surface area contributed by atoms with E-state index in [0.717, 1.165) is 0 Å². The summed E-state index contributed by atoms with van der Waals surface area (Å²) < 4.78 is 16.8. The van der Waals surface area contributed by atoms with Crippen molar-refractivity contribution in [2.45, 2.75) is 13.1 Å². The van der Waals surface area contributed by atoms with Gasteiger partial charge in [0.25, 0.3) is 0 Å². The molecule has 0 bridgehead atoms. The third-order valence-corrected chi connectivity index (χ3v) is 0. The molecule has 0 aliphatic heterocycles. The van der Waals surface area contributed by atoms with Gasteiger partial charge in [0, 0.05) is 0 Å². The van der Waals surface area contributed by atoms with Gasteiger partial charge in [0.15, 0.2) is 8.11 Å². The van der Waals surface area contributed by atoms with Crippen LogP contribution in [0.3, 0.4) is 0 Å². The Balaban J connectivity index is 0. The van der Waals surface area contributed by atoms with E-state index in [1.54, 1.807) is 0 Å². The van der Waals surface area contributed by atoms with Crippen LogP contribution in [0.25, 0.3) is 0 Å². The first-order valence-corrected chi connectivity index (χ1v) is 5.93. The highest BCUT2D eigenvalue weighted by Crippen LogP contribution is 1.79. The minimum atomic E-state index is -1.42. The van der Waals surface area contributed by atoms with Crippen LogP contribution in [0.2, 0.25) is 13.1 Å². The van der Waals surface area contributed by atoms with Crippen molar-refractivity contribution in [2.24, 2.45) is 0 Å². The first kappa shape index (κ1) is 10.3. The van der Waals surface area contributed by atoms with Gasteiger partial charge < -0.3 is 0 Å². The minimum absolute atomic E-state index is 0.407. The molecule has 0 aliphatic carbocycles. The molecule has 0 rings (SSSR count). The van der Waals surface area contributed by atoms with Crippen molar-refractivity contribution >= 4 is 28.5 Å². The Bertz CT molecular complexity index is 56.0. The molecule has 7 heavy (non-hydrogen) atoms. The second-order valence-electron chi connectivity index (χ2n) is 0.961. The largest absolute Gasteiger partial charge is 0.549 e. The van der Waals surface area contributed by atoms with Crippen molar-refractivity contribution in [3.63, 3.8) is 0 Å². The third-order valence-electron chi connectivity index (χ3n) is 0. The van der Waals surface area contributed by atoms with Crippen molar-refractivity contribution in [2.75, 3.05) is 0 Å². The first-order valence-electron chi connectivity index (χ1n) is 1.60. The molecule has 0 saturated heterocycles. The zero-order chi connectivity index (χ0) is 6.28. The van der Waals surface area contributed by atoms with Gasteiger partial charge >= 0.3 is 9.29 Å². The van der Waals surface area contributed by atoms with E-state index in [1.807, 2.05) is 13.1 Å². The lowest BCUT2D eigenvalue weighted by atomic mass is 11.9. The van der Waals surface area contributed by atoms with E-state index in [4.69, 9.17) is 20.0 Å². The predicted octanol–water partition coefficient (Wildman–Crippen LogP) is 0.858. The van der Waals surface area contributed by atoms with E-state index < -0.39 is 17.4 Å². The summed E-state index contributed by atoms with van der Waals surface area (Å²) in [6.07, 6.45) is 0. The quantitative estimate of drug-likeness (QED) is 0.382. The number of hydrogen-bond acceptors (Lipinski definition) is 2. The molecule has 0 aromatic heterocycles. The summed E-state index contributed by atoms with van der Waals surface area (Å²) in [4.78, 5) is 0. The Morgan fingerprint density at radius 2 is 1.43 bits per heavy atom. The van der Waals surface area contributed by atoms with E-state index in [0.29, 0.717) is 0 Å². The van der Waals surface area contributed by atoms with E-state index in [-0.39, 0.29) is 0 Å². The fraction of sp³-hybridized carbons (Fsp3) is 1.00. The molecule has 0 amide bonds. The van der Waals surface area contributed by atoms with Gasteiger partial charge in [-0.3, -0.25) is 8.92 Å². The molecule has 0 aromatic rings. The van der Waals surface area contributed by atoms with Crippen molar-refractivity contribution in [1.29, 1.82) is 0 Å². The van der Waals surface area contributed by atoms with Crippen LogP contribution in [0.5, 0.6) is 0 Å². The topological polar surface area (TPSA) is 34.1 Å². The molecule has 0 unspecified atom stereocenters. The summed E-state index contributed by atoms with van der Waals surface area (Å²) in [6.45, 7) is 4.07. The number of hydrogen-bond donors (Lipinski definition) is 0. The molecule has 0 N–H and O–H groups in total. The maximum atomic E-state index is 8.40. The van der Waals surface area contributed by atoms with E-state index in [2.05, 4.69) is 0 Å². The Kier molecular flexibility index (Phi) is 14.2. The normalized spacial score (nSPS) is 6.29. The molecule has 0 fully saturated rings. The average Bonchev–Trinajstić information content (AvgIpc) is 1.33. The molecule has 0 aliphatic rings. The van der Waals surface area contributed by atoms with Crippen molar-refractivity contribution in [3.8, 4) is 0 Å². The second-order valence-corrected chi connectivity index (χ2v) is 5.15. The molecule has 0 spiro atoms. The van der Waals surface area contributed by atoms with Crippen LogP contribution in [0.15, 0.2) is 0 Å². The van der Waals surface area contributed by atoms with Gasteiger partial charge in [-0.05, 0) is 0 Å². The molecule has 0 heterocycles. The van der Waals surface area contributed by atoms with Crippen LogP contribution in [0.4, 0.5) is 0 Å². The highest BCUT2D eigenvalue weighted by molar-refractivity contribution is 7.05. The van der Waals surface area contributed by atoms with Gasteiger partial charge in [-0.25, -0.2) is 0 Å². The minimum Gasteiger partial charge on any atom is -0.274 e. The highest BCUT2D eigenvalue weighted by atomic mass is 35.6. The third kappa shape index (κ3) is 1130. The maximum Gasteiger partial charge on any atom is 0.549 e. The lowest BCUT2D eigenvalue weighted by Crippen LogP contribution is -1.78. The molecule has 0 atom stereocenters. The molecule has 0 saturated carbocycles. The van der Waals surface area contributed by atoms with Gasteiger partial charge in [-0.2, -0.15) is 11.1 Å². The molecule has 2 nitrogen and oxygen atoms in total. The molecule has 1 radical (unpaired) electrons. The van der Waals surface area contributed by atoms with Crippen LogP contribution in [0, 0.1) is 0 Å². The summed E-state index contributed by atoms with van der Waals surface area (Å²) in [7, 11) is -1.82. The lowest BCUT2D eigenvalue weighted by molar-refractivity contribution is 0.497. The first-order chi connectivity index (χ1) is 3.15. The molecule has 0 aromatic carbocycles. The standard InChI is InChI=1S/C2H6ClSi.O2Si/c1-4(2)3;1-3-2/h1-2H3;. The predicted molar refractivity (Wildman–Crippen MR) is 30.5 cm³/mol. The second kappa shape index (κ2) is 9.59. The molecular weight excluding hydrogens is 148 g/mol. The van der Waals surface area contributed by atoms with Gasteiger partial charge in [-0.1, -0.05) is 13.1 Å². The van der Waals surface area contributed by atoms with Gasteiger partial charge in [0.2, 0.25) is 0 Å². The monoisotopic (exact) mass is 153 g/mol. The summed E-state index contributed by atoms with van der Waals surface area (Å²) in [5, 5.41) is 0. The highest BCUT2D eigenvalue weighted by Gasteiger charge is 1.77. The van der Waals surface area contributed by atoms with Crippen LogP contribution >= 0.6 is 11.1 Å².